The van der Waals surface area contributed by atoms with Crippen LogP contribution in [-0.4, -0.2) is 4.98 Å². The molecule has 1 N–H and O–H groups in total. The summed E-state index contributed by atoms with van der Waals surface area (Å²) in [5, 5.41) is 3.04. The first kappa shape index (κ1) is 7.79. The molecule has 0 aromatic carbocycles. The molecular weight excluding hydrogens is 136 g/mol. The van der Waals surface area contributed by atoms with Crippen LogP contribution in [0.3, 0.4) is 0 Å². The van der Waals surface area contributed by atoms with E-state index in [-0.39, 0.29) is 0 Å². The first-order valence-electron chi connectivity index (χ1n) is 3.64. The Morgan fingerprint density at radius 3 is 2.91 bits per heavy atom. The highest BCUT2D eigenvalue weighted by Crippen LogP contribution is 2.02. The second-order valence-corrected chi connectivity index (χ2v) is 2.31. The lowest BCUT2D eigenvalue weighted by molar-refractivity contribution is 1.20. The van der Waals surface area contributed by atoms with E-state index in [1.807, 2.05) is 44.3 Å². The van der Waals surface area contributed by atoms with Crippen molar-refractivity contribution in [1.82, 2.24) is 4.98 Å². The fraction of sp³-hybridized carbons (Fsp3) is 0.222. The maximum Gasteiger partial charge on any atom is 0.130 e. The van der Waals surface area contributed by atoms with Crippen molar-refractivity contribution in [3.8, 4) is 0 Å². The molecule has 0 radical (unpaired) electrons. The number of nitrogens with zero attached hydrogens (tertiary/aromatic N) is 1. The molecule has 0 atom stereocenters. The number of rotatable bonds is 2. The molecule has 2 nitrogen and oxygen atoms in total. The van der Waals surface area contributed by atoms with Gasteiger partial charge in [-0.3, -0.25) is 0 Å². The maximum absolute atomic E-state index is 4.25. The van der Waals surface area contributed by atoms with Crippen LogP contribution in [0.2, 0.25) is 0 Å². The van der Waals surface area contributed by atoms with Crippen molar-refractivity contribution in [2.45, 2.75) is 13.8 Å². The van der Waals surface area contributed by atoms with E-state index in [9.17, 15) is 0 Å². The monoisotopic (exact) mass is 148 g/mol. The van der Waals surface area contributed by atoms with E-state index in [4.69, 9.17) is 0 Å². The maximum atomic E-state index is 4.25. The highest BCUT2D eigenvalue weighted by atomic mass is 15.0. The molecule has 0 bridgehead atoms. The predicted molar refractivity (Wildman–Crippen MR) is 47.4 cm³/mol. The minimum absolute atomic E-state index is 0.892. The van der Waals surface area contributed by atoms with E-state index in [1.54, 1.807) is 0 Å². The van der Waals surface area contributed by atoms with Crippen molar-refractivity contribution >= 4 is 5.82 Å². The van der Waals surface area contributed by atoms with Gasteiger partial charge in [0.1, 0.15) is 5.82 Å². The second kappa shape index (κ2) is 3.76. The fourth-order valence-corrected chi connectivity index (χ4v) is 0.792. The van der Waals surface area contributed by atoms with Crippen LogP contribution < -0.4 is 5.32 Å². The number of aryl methyl sites for hydroxylation is 1. The predicted octanol–water partition coefficient (Wildman–Crippen LogP) is 2.34. The Balaban J connectivity index is 2.71. The molecule has 2 heteroatoms. The van der Waals surface area contributed by atoms with Crippen LogP contribution in [-0.2, 0) is 0 Å². The van der Waals surface area contributed by atoms with E-state index >= 15 is 0 Å². The Hall–Kier alpha value is -1.31. The largest absolute Gasteiger partial charge is 0.347 e. The molecular formula is C9H12N2. The summed E-state index contributed by atoms with van der Waals surface area (Å²) in [4.78, 5) is 4.25. The Bertz CT molecular complexity index is 253. The molecule has 0 saturated carbocycles. The van der Waals surface area contributed by atoms with Gasteiger partial charge in [-0.2, -0.15) is 0 Å². The van der Waals surface area contributed by atoms with Crippen LogP contribution in [0.1, 0.15) is 12.6 Å². The van der Waals surface area contributed by atoms with Crippen molar-refractivity contribution in [2.75, 3.05) is 5.32 Å². The van der Waals surface area contributed by atoms with Crippen LogP contribution >= 0.6 is 0 Å². The molecule has 0 saturated heterocycles. The van der Waals surface area contributed by atoms with E-state index < -0.39 is 0 Å². The summed E-state index contributed by atoms with van der Waals surface area (Å²) in [6.07, 6.45) is 3.80. The fourth-order valence-electron chi connectivity index (χ4n) is 0.792. The lowest BCUT2D eigenvalue weighted by Crippen LogP contribution is -1.91. The quantitative estimate of drug-likeness (QED) is 0.696. The highest BCUT2D eigenvalue weighted by molar-refractivity contribution is 5.37. The molecule has 1 rings (SSSR count). The number of nitrogens with one attached hydrogen (secondary N) is 1. The lowest BCUT2D eigenvalue weighted by Gasteiger charge is -1.98. The van der Waals surface area contributed by atoms with Gasteiger partial charge in [-0.1, -0.05) is 12.1 Å². The molecule has 0 unspecified atom stereocenters. The van der Waals surface area contributed by atoms with Gasteiger partial charge in [-0.05, 0) is 32.2 Å². The summed E-state index contributed by atoms with van der Waals surface area (Å²) in [5.74, 6) is 0.892. The van der Waals surface area contributed by atoms with Gasteiger partial charge in [0.15, 0.2) is 0 Å². The highest BCUT2D eigenvalue weighted by Gasteiger charge is 1.88. The zero-order chi connectivity index (χ0) is 8.10. The number of hydrogen-bond donors (Lipinski definition) is 1. The van der Waals surface area contributed by atoms with Gasteiger partial charge in [-0.15, -0.1) is 0 Å². The number of hydrogen-bond acceptors (Lipinski definition) is 2. The molecule has 0 aliphatic rings. The standard InChI is InChI=1S/C9H12N2/c1-3-7-10-9-6-4-5-8(2)11-9/h3-7H,1-2H3,(H,10,11)/b7-3-. The molecule has 0 aliphatic carbocycles. The molecule has 0 fully saturated rings. The van der Waals surface area contributed by atoms with Crippen LogP contribution in [0.5, 0.6) is 0 Å². The van der Waals surface area contributed by atoms with Crippen molar-refractivity contribution in [3.63, 3.8) is 0 Å². The average Bonchev–Trinajstić information content (AvgIpc) is 2.01. The Morgan fingerprint density at radius 1 is 1.45 bits per heavy atom. The van der Waals surface area contributed by atoms with E-state index in [0.717, 1.165) is 11.5 Å². The zero-order valence-electron chi connectivity index (χ0n) is 6.83. The zero-order valence-corrected chi connectivity index (χ0v) is 6.83. The van der Waals surface area contributed by atoms with Crippen LogP contribution in [0.15, 0.2) is 30.5 Å². The summed E-state index contributed by atoms with van der Waals surface area (Å²) in [6, 6.07) is 5.89. The third-order valence-electron chi connectivity index (χ3n) is 1.29. The third-order valence-corrected chi connectivity index (χ3v) is 1.29. The van der Waals surface area contributed by atoms with Crippen molar-refractivity contribution < 1.29 is 0 Å². The van der Waals surface area contributed by atoms with Gasteiger partial charge in [0.2, 0.25) is 0 Å². The van der Waals surface area contributed by atoms with E-state index in [1.165, 1.54) is 0 Å². The summed E-state index contributed by atoms with van der Waals surface area (Å²) < 4.78 is 0. The van der Waals surface area contributed by atoms with Crippen LogP contribution in [0.25, 0.3) is 0 Å². The van der Waals surface area contributed by atoms with Crippen LogP contribution in [0, 0.1) is 6.92 Å². The summed E-state index contributed by atoms with van der Waals surface area (Å²) in [5.41, 5.74) is 1.03. The average molecular weight is 148 g/mol. The number of allylic oxidation sites excluding steroid dienone is 1. The second-order valence-electron chi connectivity index (χ2n) is 2.31. The SMILES string of the molecule is C/C=C\Nc1cccc(C)n1. The van der Waals surface area contributed by atoms with Crippen molar-refractivity contribution in [3.05, 3.63) is 36.2 Å². The third kappa shape index (κ3) is 2.42. The van der Waals surface area contributed by atoms with Gasteiger partial charge < -0.3 is 5.32 Å². The summed E-state index contributed by atoms with van der Waals surface area (Å²) >= 11 is 0. The van der Waals surface area contributed by atoms with Gasteiger partial charge in [0, 0.05) is 5.69 Å². The number of aromatic nitrogens is 1. The Morgan fingerprint density at radius 2 is 2.27 bits per heavy atom. The molecule has 58 valence electrons. The molecule has 11 heavy (non-hydrogen) atoms. The molecule has 1 aromatic rings. The normalized spacial score (nSPS) is 10.4. The Kier molecular flexibility index (Phi) is 2.66. The first-order valence-corrected chi connectivity index (χ1v) is 3.64. The summed E-state index contributed by atoms with van der Waals surface area (Å²) in [6.45, 7) is 3.93. The lowest BCUT2D eigenvalue weighted by atomic mass is 10.4. The Labute approximate surface area is 67.0 Å². The van der Waals surface area contributed by atoms with Gasteiger partial charge in [-0.25, -0.2) is 4.98 Å². The summed E-state index contributed by atoms with van der Waals surface area (Å²) in [7, 11) is 0. The minimum atomic E-state index is 0.892. The van der Waals surface area contributed by atoms with E-state index in [2.05, 4.69) is 10.3 Å². The number of anilines is 1. The minimum Gasteiger partial charge on any atom is -0.347 e. The van der Waals surface area contributed by atoms with Crippen molar-refractivity contribution in [1.29, 1.82) is 0 Å². The molecule has 0 spiro atoms. The van der Waals surface area contributed by atoms with Crippen molar-refractivity contribution in [2.24, 2.45) is 0 Å². The van der Waals surface area contributed by atoms with Crippen LogP contribution in [0.4, 0.5) is 5.82 Å². The van der Waals surface area contributed by atoms with Gasteiger partial charge in [0.05, 0.1) is 0 Å². The topological polar surface area (TPSA) is 24.9 Å². The van der Waals surface area contributed by atoms with E-state index in [0.29, 0.717) is 0 Å². The molecule has 1 heterocycles. The number of pyridine rings is 1. The molecule has 0 amide bonds. The first-order chi connectivity index (χ1) is 5.33. The van der Waals surface area contributed by atoms with Gasteiger partial charge in [0.25, 0.3) is 0 Å². The van der Waals surface area contributed by atoms with Gasteiger partial charge >= 0.3 is 0 Å². The smallest absolute Gasteiger partial charge is 0.130 e. The molecule has 0 aliphatic heterocycles. The molecule has 1 aromatic heterocycles.